The number of carboxylic acid groups (broad SMARTS) is 2. The number of carbonyl (C=O) groups is 2. The lowest BCUT2D eigenvalue weighted by atomic mass is 9.66. The van der Waals surface area contributed by atoms with Gasteiger partial charge in [-0.2, -0.15) is 0 Å². The fourth-order valence-electron chi connectivity index (χ4n) is 3.53. The van der Waals surface area contributed by atoms with Crippen molar-refractivity contribution in [3.63, 3.8) is 0 Å². The summed E-state index contributed by atoms with van der Waals surface area (Å²) in [5.41, 5.74) is 12.8. The minimum atomic E-state index is -1.31. The van der Waals surface area contributed by atoms with Gasteiger partial charge < -0.3 is 21.7 Å². The van der Waals surface area contributed by atoms with Crippen LogP contribution in [0.15, 0.2) is 0 Å². The Morgan fingerprint density at radius 2 is 1.48 bits per heavy atom. The van der Waals surface area contributed by atoms with E-state index in [0.29, 0.717) is 5.92 Å². The van der Waals surface area contributed by atoms with Crippen molar-refractivity contribution < 1.29 is 19.8 Å². The zero-order chi connectivity index (χ0) is 15.9. The van der Waals surface area contributed by atoms with Crippen molar-refractivity contribution in [2.24, 2.45) is 17.4 Å². The van der Waals surface area contributed by atoms with Gasteiger partial charge in [0.25, 0.3) is 0 Å². The molecule has 6 nitrogen and oxygen atoms in total. The summed E-state index contributed by atoms with van der Waals surface area (Å²) in [6, 6.07) is 0.263. The highest BCUT2D eigenvalue weighted by atomic mass is 16.4. The van der Waals surface area contributed by atoms with Crippen LogP contribution in [0.25, 0.3) is 0 Å². The summed E-state index contributed by atoms with van der Waals surface area (Å²) in [5.74, 6) is -1.91. The Kier molecular flexibility index (Phi) is 7.11. The Hall–Kier alpha value is -1.14. The largest absolute Gasteiger partial charge is 0.481 e. The first-order valence-corrected chi connectivity index (χ1v) is 7.84. The molecule has 2 saturated carbocycles. The lowest BCUT2D eigenvalue weighted by molar-refractivity contribution is -0.147. The molecule has 122 valence electrons. The van der Waals surface area contributed by atoms with Crippen LogP contribution in [0.1, 0.15) is 64.2 Å². The maximum absolute atomic E-state index is 9.43. The Labute approximate surface area is 125 Å². The van der Waals surface area contributed by atoms with E-state index >= 15 is 0 Å². The van der Waals surface area contributed by atoms with E-state index in [2.05, 4.69) is 0 Å². The summed E-state index contributed by atoms with van der Waals surface area (Å²) in [5, 5.41) is 15.4. The highest BCUT2D eigenvalue weighted by Crippen LogP contribution is 2.39. The van der Waals surface area contributed by atoms with Crippen LogP contribution >= 0.6 is 0 Å². The summed E-state index contributed by atoms with van der Waals surface area (Å²) in [7, 11) is 0. The molecule has 0 saturated heterocycles. The molecule has 0 aromatic carbocycles. The number of aliphatic carboxylic acids is 2. The monoisotopic (exact) mass is 300 g/mol. The predicted octanol–water partition coefficient (Wildman–Crippen LogP) is 1.71. The lowest BCUT2D eigenvalue weighted by Gasteiger charge is -2.46. The molecule has 0 spiro atoms. The number of carboxylic acids is 2. The van der Waals surface area contributed by atoms with E-state index in [1.54, 1.807) is 0 Å². The second kappa shape index (κ2) is 8.34. The topological polar surface area (TPSA) is 127 Å². The van der Waals surface area contributed by atoms with Gasteiger partial charge in [0.2, 0.25) is 0 Å². The van der Waals surface area contributed by atoms with Crippen molar-refractivity contribution in [2.75, 3.05) is 0 Å². The molecule has 21 heavy (non-hydrogen) atoms. The summed E-state index contributed by atoms with van der Waals surface area (Å²) in [4.78, 5) is 18.9. The average molecular weight is 300 g/mol. The highest BCUT2D eigenvalue weighted by molar-refractivity contribution is 5.88. The van der Waals surface area contributed by atoms with Crippen LogP contribution in [0.3, 0.4) is 0 Å². The van der Waals surface area contributed by atoms with Gasteiger partial charge in [-0.25, -0.2) is 0 Å². The second-order valence-electron chi connectivity index (χ2n) is 6.26. The molecule has 0 radical (unpaired) electrons. The first-order chi connectivity index (χ1) is 9.86. The van der Waals surface area contributed by atoms with E-state index in [0.717, 1.165) is 6.42 Å². The van der Waals surface area contributed by atoms with Crippen molar-refractivity contribution in [3.8, 4) is 0 Å². The van der Waals surface area contributed by atoms with Crippen LogP contribution in [0, 0.1) is 5.92 Å². The molecular weight excluding hydrogens is 272 g/mol. The minimum Gasteiger partial charge on any atom is -0.481 e. The minimum absolute atomic E-state index is 0.0152. The van der Waals surface area contributed by atoms with Crippen LogP contribution in [-0.2, 0) is 9.59 Å². The third-order valence-electron chi connectivity index (χ3n) is 4.73. The Morgan fingerprint density at radius 3 is 1.90 bits per heavy atom. The standard InChI is InChI=1S/C12H24N2.C3H4O4/c13-11-8-4-5-9-12(11,14)10-6-2-1-3-7-10;4-2(5)1-3(6)7/h10-11H,1-9,13-14H2;1H2,(H,4,5)(H,6,7). The van der Waals surface area contributed by atoms with E-state index in [1.807, 2.05) is 0 Å². The molecule has 2 aliphatic rings. The van der Waals surface area contributed by atoms with Crippen LogP contribution in [0.2, 0.25) is 0 Å². The molecule has 0 aromatic rings. The van der Waals surface area contributed by atoms with Crippen molar-refractivity contribution >= 4 is 11.9 Å². The summed E-state index contributed by atoms with van der Waals surface area (Å²) >= 11 is 0. The number of hydrogen-bond donors (Lipinski definition) is 4. The molecule has 2 unspecified atom stereocenters. The molecule has 6 heteroatoms. The van der Waals surface area contributed by atoms with Gasteiger partial charge in [-0.15, -0.1) is 0 Å². The lowest BCUT2D eigenvalue weighted by Crippen LogP contribution is -2.61. The van der Waals surface area contributed by atoms with E-state index < -0.39 is 18.4 Å². The zero-order valence-corrected chi connectivity index (χ0v) is 12.6. The number of hydrogen-bond acceptors (Lipinski definition) is 4. The first-order valence-electron chi connectivity index (χ1n) is 7.84. The Balaban J connectivity index is 0.000000270. The molecule has 2 rings (SSSR count). The van der Waals surface area contributed by atoms with Gasteiger partial charge in [-0.3, -0.25) is 9.59 Å². The van der Waals surface area contributed by atoms with Crippen LogP contribution in [-0.4, -0.2) is 33.7 Å². The predicted molar refractivity (Wildman–Crippen MR) is 79.8 cm³/mol. The van der Waals surface area contributed by atoms with Crippen LogP contribution in [0.5, 0.6) is 0 Å². The van der Waals surface area contributed by atoms with E-state index in [4.69, 9.17) is 21.7 Å². The van der Waals surface area contributed by atoms with E-state index in [1.165, 1.54) is 51.4 Å². The number of rotatable bonds is 3. The third-order valence-corrected chi connectivity index (χ3v) is 4.73. The Bertz CT molecular complexity index is 344. The maximum Gasteiger partial charge on any atom is 0.314 e. The van der Waals surface area contributed by atoms with E-state index in [9.17, 15) is 9.59 Å². The van der Waals surface area contributed by atoms with Crippen molar-refractivity contribution in [1.29, 1.82) is 0 Å². The summed E-state index contributed by atoms with van der Waals surface area (Å²) in [6.45, 7) is 0. The van der Waals surface area contributed by atoms with Gasteiger partial charge in [-0.1, -0.05) is 32.1 Å². The smallest absolute Gasteiger partial charge is 0.314 e. The summed E-state index contributed by atoms with van der Waals surface area (Å²) < 4.78 is 0. The van der Waals surface area contributed by atoms with Gasteiger partial charge in [-0.05, 0) is 31.6 Å². The highest BCUT2D eigenvalue weighted by Gasteiger charge is 2.41. The fraction of sp³-hybridized carbons (Fsp3) is 0.867. The molecule has 2 atom stereocenters. The quantitative estimate of drug-likeness (QED) is 0.588. The first kappa shape index (κ1) is 17.9. The molecule has 0 heterocycles. The third kappa shape index (κ3) is 5.63. The molecule has 0 aliphatic heterocycles. The molecular formula is C15H28N2O4. The van der Waals surface area contributed by atoms with Gasteiger partial charge in [0.05, 0.1) is 0 Å². The molecule has 6 N–H and O–H groups in total. The molecule has 0 aromatic heterocycles. The van der Waals surface area contributed by atoms with E-state index in [-0.39, 0.29) is 11.6 Å². The van der Waals surface area contributed by atoms with Crippen LogP contribution in [0.4, 0.5) is 0 Å². The molecule has 0 bridgehead atoms. The normalized spacial score (nSPS) is 30.1. The van der Waals surface area contributed by atoms with Gasteiger partial charge in [0.1, 0.15) is 6.42 Å². The van der Waals surface area contributed by atoms with Crippen LogP contribution < -0.4 is 11.5 Å². The maximum atomic E-state index is 9.43. The van der Waals surface area contributed by atoms with Crippen molar-refractivity contribution in [1.82, 2.24) is 0 Å². The second-order valence-corrected chi connectivity index (χ2v) is 6.26. The zero-order valence-electron chi connectivity index (χ0n) is 12.6. The summed E-state index contributed by atoms with van der Waals surface area (Å²) in [6.07, 6.45) is 10.9. The molecule has 2 aliphatic carbocycles. The Morgan fingerprint density at radius 1 is 0.952 bits per heavy atom. The van der Waals surface area contributed by atoms with Crippen molar-refractivity contribution in [3.05, 3.63) is 0 Å². The fourth-order valence-corrected chi connectivity index (χ4v) is 3.53. The number of nitrogens with two attached hydrogens (primary N) is 2. The average Bonchev–Trinajstić information content (AvgIpc) is 2.42. The van der Waals surface area contributed by atoms with Crippen molar-refractivity contribution in [2.45, 2.75) is 75.8 Å². The van der Waals surface area contributed by atoms with Gasteiger partial charge in [0, 0.05) is 11.6 Å². The SMILES string of the molecule is NC1CCCCC1(N)C1CCCCC1.O=C(O)CC(=O)O. The molecule has 2 fully saturated rings. The van der Waals surface area contributed by atoms with Gasteiger partial charge in [0.15, 0.2) is 0 Å². The molecule has 0 amide bonds. The van der Waals surface area contributed by atoms with Gasteiger partial charge >= 0.3 is 11.9 Å².